The van der Waals surface area contributed by atoms with Gasteiger partial charge in [-0.2, -0.15) is 15.3 Å². The second-order valence-corrected chi connectivity index (χ2v) is 10.9. The standard InChI is InChI=1S/C37H32N6O7/c1-5-49-36(46)31-28(21-41(38-31)24-13-9-7-10-14-24)34(44)30-23(3)43(26-17-19-27(48-4)20-18-26)40-33(30)35(45)29-22-42(25-15-11-8-12-16-25)39-32(29)37(47)50-6-2/h7-22H,5-6H2,1-4H3. The Labute approximate surface area is 286 Å². The van der Waals surface area contributed by atoms with Crippen molar-refractivity contribution in [3.63, 3.8) is 0 Å². The number of ether oxygens (including phenoxy) is 3. The van der Waals surface area contributed by atoms with E-state index in [1.807, 2.05) is 12.1 Å². The van der Waals surface area contributed by atoms with Crippen molar-refractivity contribution in [1.29, 1.82) is 0 Å². The maximum Gasteiger partial charge on any atom is 0.359 e. The van der Waals surface area contributed by atoms with Crippen molar-refractivity contribution in [3.8, 4) is 22.8 Å². The molecule has 0 atom stereocenters. The van der Waals surface area contributed by atoms with Crippen LogP contribution in [0.1, 0.15) is 72.5 Å². The Morgan fingerprint density at radius 1 is 0.600 bits per heavy atom. The number of benzene rings is 3. The number of carbonyl (C=O) groups is 4. The van der Waals surface area contributed by atoms with E-state index >= 15 is 0 Å². The van der Waals surface area contributed by atoms with Gasteiger partial charge < -0.3 is 14.2 Å². The first-order chi connectivity index (χ1) is 24.2. The summed E-state index contributed by atoms with van der Waals surface area (Å²) in [5.41, 5.74) is 0.879. The average Bonchev–Trinajstić information content (AvgIpc) is 3.88. The van der Waals surface area contributed by atoms with Crippen LogP contribution in [-0.2, 0) is 9.47 Å². The van der Waals surface area contributed by atoms with Crippen LogP contribution in [-0.4, -0.2) is 73.2 Å². The summed E-state index contributed by atoms with van der Waals surface area (Å²) in [6, 6.07) is 24.7. The molecule has 0 saturated heterocycles. The van der Waals surface area contributed by atoms with Crippen LogP contribution in [0.2, 0.25) is 0 Å². The second kappa shape index (κ2) is 14.2. The van der Waals surface area contributed by atoms with E-state index in [1.165, 1.54) is 33.5 Å². The summed E-state index contributed by atoms with van der Waals surface area (Å²) in [5, 5.41) is 13.4. The zero-order chi connectivity index (χ0) is 35.4. The van der Waals surface area contributed by atoms with Crippen molar-refractivity contribution in [2.45, 2.75) is 20.8 Å². The van der Waals surface area contributed by atoms with Gasteiger partial charge >= 0.3 is 11.9 Å². The predicted octanol–water partition coefficient (Wildman–Crippen LogP) is 5.38. The molecule has 0 fully saturated rings. The molecule has 0 aliphatic carbocycles. The van der Waals surface area contributed by atoms with E-state index in [0.717, 1.165) is 0 Å². The minimum atomic E-state index is -0.821. The fourth-order valence-electron chi connectivity index (χ4n) is 5.38. The van der Waals surface area contributed by atoms with Crippen molar-refractivity contribution in [1.82, 2.24) is 29.3 Å². The van der Waals surface area contributed by atoms with Gasteiger partial charge in [0, 0.05) is 12.4 Å². The van der Waals surface area contributed by atoms with Crippen molar-refractivity contribution in [3.05, 3.63) is 137 Å². The summed E-state index contributed by atoms with van der Waals surface area (Å²) in [6.07, 6.45) is 2.82. The van der Waals surface area contributed by atoms with Gasteiger partial charge in [0.15, 0.2) is 11.4 Å². The first kappa shape index (κ1) is 33.3. The van der Waals surface area contributed by atoms with Crippen LogP contribution in [0.5, 0.6) is 5.75 Å². The van der Waals surface area contributed by atoms with Gasteiger partial charge in [0.05, 0.1) is 59.8 Å². The molecule has 6 aromatic rings. The lowest BCUT2D eigenvalue weighted by Gasteiger charge is -2.06. The molecule has 0 amide bonds. The number of aromatic nitrogens is 6. The van der Waals surface area contributed by atoms with Crippen LogP contribution in [0.4, 0.5) is 0 Å². The molecule has 0 bridgehead atoms. The van der Waals surface area contributed by atoms with E-state index in [4.69, 9.17) is 14.2 Å². The maximum absolute atomic E-state index is 14.7. The fourth-order valence-corrected chi connectivity index (χ4v) is 5.38. The van der Waals surface area contributed by atoms with Crippen molar-refractivity contribution < 1.29 is 33.4 Å². The van der Waals surface area contributed by atoms with Gasteiger partial charge in [0.25, 0.3) is 0 Å². The van der Waals surface area contributed by atoms with Crippen LogP contribution < -0.4 is 4.74 Å². The van der Waals surface area contributed by atoms with Crippen molar-refractivity contribution in [2.75, 3.05) is 20.3 Å². The zero-order valence-electron chi connectivity index (χ0n) is 27.7. The van der Waals surface area contributed by atoms with Gasteiger partial charge in [-0.25, -0.2) is 23.6 Å². The third-order valence-electron chi connectivity index (χ3n) is 7.77. The van der Waals surface area contributed by atoms with Gasteiger partial charge in [-0.15, -0.1) is 0 Å². The molecule has 13 heteroatoms. The molecule has 0 aliphatic rings. The number of ketones is 2. The minimum Gasteiger partial charge on any atom is -0.497 e. The van der Waals surface area contributed by atoms with Gasteiger partial charge in [-0.3, -0.25) is 9.59 Å². The molecule has 13 nitrogen and oxygen atoms in total. The van der Waals surface area contributed by atoms with Crippen molar-refractivity contribution in [2.24, 2.45) is 0 Å². The quantitative estimate of drug-likeness (QED) is 0.123. The number of hydrogen-bond donors (Lipinski definition) is 0. The smallest absolute Gasteiger partial charge is 0.359 e. The summed E-state index contributed by atoms with van der Waals surface area (Å²) >= 11 is 0. The van der Waals surface area contributed by atoms with E-state index < -0.39 is 23.5 Å². The average molecular weight is 673 g/mol. The van der Waals surface area contributed by atoms with Gasteiger partial charge in [0.2, 0.25) is 11.6 Å². The molecule has 50 heavy (non-hydrogen) atoms. The van der Waals surface area contributed by atoms with E-state index in [2.05, 4.69) is 15.3 Å². The Morgan fingerprint density at radius 2 is 1.08 bits per heavy atom. The lowest BCUT2D eigenvalue weighted by Crippen LogP contribution is -2.16. The molecule has 0 unspecified atom stereocenters. The lowest BCUT2D eigenvalue weighted by molar-refractivity contribution is 0.0507. The largest absolute Gasteiger partial charge is 0.497 e. The summed E-state index contributed by atoms with van der Waals surface area (Å²) in [7, 11) is 1.54. The molecule has 3 aromatic heterocycles. The molecule has 3 heterocycles. The van der Waals surface area contributed by atoms with Crippen LogP contribution >= 0.6 is 0 Å². The number of hydrogen-bond acceptors (Lipinski definition) is 10. The maximum atomic E-state index is 14.7. The third kappa shape index (κ3) is 6.31. The minimum absolute atomic E-state index is 0.0433. The highest BCUT2D eigenvalue weighted by Crippen LogP contribution is 2.28. The summed E-state index contributed by atoms with van der Waals surface area (Å²) in [4.78, 5) is 55.6. The Kier molecular flexibility index (Phi) is 9.48. The summed E-state index contributed by atoms with van der Waals surface area (Å²) < 4.78 is 20.0. The monoisotopic (exact) mass is 672 g/mol. The number of nitrogens with zero attached hydrogens (tertiary/aromatic N) is 6. The molecule has 0 radical (unpaired) electrons. The summed E-state index contributed by atoms with van der Waals surface area (Å²) in [5.74, 6) is -2.51. The van der Waals surface area contributed by atoms with Crippen LogP contribution in [0.25, 0.3) is 17.1 Å². The number of para-hydroxylation sites is 2. The Balaban J connectivity index is 1.56. The molecule has 252 valence electrons. The number of rotatable bonds is 12. The third-order valence-corrected chi connectivity index (χ3v) is 7.77. The highest BCUT2D eigenvalue weighted by atomic mass is 16.5. The van der Waals surface area contributed by atoms with Crippen LogP contribution in [0.15, 0.2) is 97.3 Å². The molecule has 0 N–H and O–H groups in total. The molecule has 3 aromatic carbocycles. The van der Waals surface area contributed by atoms with E-state index in [-0.39, 0.29) is 47.0 Å². The Hall–Kier alpha value is -6.63. The first-order valence-electron chi connectivity index (χ1n) is 15.7. The second-order valence-electron chi connectivity index (χ2n) is 10.9. The molecular formula is C37H32N6O7. The fraction of sp³-hybridized carbons (Fsp3) is 0.162. The Bertz CT molecular complexity index is 2200. The molecule has 6 rings (SSSR count). The lowest BCUT2D eigenvalue weighted by atomic mass is 9.97. The normalized spacial score (nSPS) is 10.9. The number of esters is 2. The highest BCUT2D eigenvalue weighted by molar-refractivity contribution is 6.22. The van der Waals surface area contributed by atoms with Gasteiger partial charge in [-0.1, -0.05) is 36.4 Å². The molecule has 0 aliphatic heterocycles. The van der Waals surface area contributed by atoms with E-state index in [9.17, 15) is 19.2 Å². The van der Waals surface area contributed by atoms with Crippen LogP contribution in [0.3, 0.4) is 0 Å². The molecular weight excluding hydrogens is 640 g/mol. The van der Waals surface area contributed by atoms with Crippen LogP contribution in [0, 0.1) is 6.92 Å². The SMILES string of the molecule is CCOC(=O)c1nn(-c2ccccc2)cc1C(=O)c1nn(-c2ccc(OC)cc2)c(C)c1C(=O)c1cn(-c2ccccc2)nc1C(=O)OCC. The molecule has 0 saturated carbocycles. The molecule has 0 spiro atoms. The van der Waals surface area contributed by atoms with E-state index in [0.29, 0.717) is 28.5 Å². The topological polar surface area (TPSA) is 149 Å². The number of carbonyl (C=O) groups excluding carboxylic acids is 4. The van der Waals surface area contributed by atoms with Crippen molar-refractivity contribution >= 4 is 23.5 Å². The number of methoxy groups -OCH3 is 1. The summed E-state index contributed by atoms with van der Waals surface area (Å²) in [6.45, 7) is 5.00. The predicted molar refractivity (Wildman–Crippen MR) is 181 cm³/mol. The first-order valence-corrected chi connectivity index (χ1v) is 15.7. The van der Waals surface area contributed by atoms with Gasteiger partial charge in [-0.05, 0) is 69.3 Å². The Morgan fingerprint density at radius 3 is 1.54 bits per heavy atom. The highest BCUT2D eigenvalue weighted by Gasteiger charge is 2.35. The van der Waals surface area contributed by atoms with Gasteiger partial charge in [0.1, 0.15) is 11.4 Å². The van der Waals surface area contributed by atoms with E-state index in [1.54, 1.807) is 93.6 Å². The zero-order valence-corrected chi connectivity index (χ0v) is 27.7.